The van der Waals surface area contributed by atoms with Crippen LogP contribution in [0.5, 0.6) is 0 Å². The van der Waals surface area contributed by atoms with Crippen molar-refractivity contribution in [2.45, 2.75) is 13.8 Å². The van der Waals surface area contributed by atoms with Crippen LogP contribution in [0.3, 0.4) is 0 Å². The van der Waals surface area contributed by atoms with Gasteiger partial charge < -0.3 is 46.5 Å². The quantitative estimate of drug-likeness (QED) is 0.151. The molecule has 0 N–H and O–H groups in total. The van der Waals surface area contributed by atoms with Gasteiger partial charge in [-0.25, -0.2) is 0 Å². The summed E-state index contributed by atoms with van der Waals surface area (Å²) in [5, 5.41) is 0. The van der Waals surface area contributed by atoms with E-state index < -0.39 is 0 Å². The standard InChI is InChI=1S/C14H11O.C13H13.Fe/c15-14(13-8-4-5-9-13)11-10-12-6-2-1-3-7-12;1-10-7-8-13(9-11(10)2)12-5-3-4-6-12;/h1-11H;3-9H,1-2H3;/q-5;-1;. The zero-order valence-corrected chi connectivity index (χ0v) is 17.8. The molecule has 0 aromatic heterocycles. The van der Waals surface area contributed by atoms with Crippen molar-refractivity contribution in [1.29, 1.82) is 0 Å². The first-order valence-electron chi connectivity index (χ1n) is 9.42. The molecule has 0 aliphatic carbocycles. The maximum absolute atomic E-state index is 11.6. The van der Waals surface area contributed by atoms with Crippen molar-refractivity contribution in [3.63, 3.8) is 0 Å². The maximum Gasteiger partial charge on any atom is 0 e. The van der Waals surface area contributed by atoms with Gasteiger partial charge in [-0.05, 0) is 13.8 Å². The fraction of sp³-hybridized carbons (Fsp3) is 0.0741. The molecule has 4 aromatic rings. The summed E-state index contributed by atoms with van der Waals surface area (Å²) in [5.74, 6) is 0.0452. The minimum absolute atomic E-state index is 0. The third-order valence-electron chi connectivity index (χ3n) is 4.68. The van der Waals surface area contributed by atoms with Gasteiger partial charge in [0, 0.05) is 17.1 Å². The van der Waals surface area contributed by atoms with E-state index in [2.05, 4.69) is 56.3 Å². The topological polar surface area (TPSA) is 17.1 Å². The number of ketones is 1. The van der Waals surface area contributed by atoms with Crippen LogP contribution >= 0.6 is 0 Å². The van der Waals surface area contributed by atoms with Gasteiger partial charge in [0.05, 0.1) is 0 Å². The Morgan fingerprint density at radius 2 is 1.52 bits per heavy atom. The minimum atomic E-state index is 0. The predicted octanol–water partition coefficient (Wildman–Crippen LogP) is 6.99. The van der Waals surface area contributed by atoms with Crippen molar-refractivity contribution >= 4 is 11.9 Å². The number of benzene rings is 2. The molecule has 0 aliphatic heterocycles. The van der Waals surface area contributed by atoms with Crippen molar-refractivity contribution in [3.05, 3.63) is 125 Å². The van der Waals surface area contributed by atoms with Gasteiger partial charge in [0.2, 0.25) is 0 Å². The molecular formula is C27H24FeO-6. The molecule has 0 spiro atoms. The Labute approximate surface area is 183 Å². The maximum atomic E-state index is 11.6. The monoisotopic (exact) mass is 420 g/mol. The van der Waals surface area contributed by atoms with Crippen LogP contribution < -0.4 is 0 Å². The second-order valence-corrected chi connectivity index (χ2v) is 6.75. The average Bonchev–Trinajstić information content (AvgIpc) is 3.44. The molecule has 4 rings (SSSR count). The van der Waals surface area contributed by atoms with Crippen LogP contribution in [0.1, 0.15) is 27.0 Å². The Hall–Kier alpha value is -2.93. The number of hydrogen-bond donors (Lipinski definition) is 0. The van der Waals surface area contributed by atoms with Gasteiger partial charge in [0.25, 0.3) is 0 Å². The summed E-state index contributed by atoms with van der Waals surface area (Å²) in [6.07, 6.45) is 3.43. The molecule has 0 heterocycles. The molecule has 152 valence electrons. The second-order valence-electron chi connectivity index (χ2n) is 6.75. The van der Waals surface area contributed by atoms with Crippen molar-refractivity contribution in [1.82, 2.24) is 0 Å². The molecule has 0 saturated heterocycles. The minimum Gasteiger partial charge on any atom is -0.645 e. The molecule has 2 heteroatoms. The van der Waals surface area contributed by atoms with Crippen LogP contribution in [-0.2, 0) is 17.1 Å². The van der Waals surface area contributed by atoms with Crippen LogP contribution in [0, 0.1) is 13.8 Å². The summed E-state index contributed by atoms with van der Waals surface area (Å²) in [5.41, 5.74) is 7.12. The smallest absolute Gasteiger partial charge is 0 e. The van der Waals surface area contributed by atoms with Crippen molar-refractivity contribution in [3.8, 4) is 11.1 Å². The van der Waals surface area contributed by atoms with Gasteiger partial charge in [-0.15, -0.1) is 29.8 Å². The number of allylic oxidation sites excluding steroid dienone is 1. The SMILES string of the molecule is Cc1ccc(-[c-]2cccc2)cc1C.O=C(C=Cc1ccccc1)[c-]1[cH-][cH-][cH-][cH-]1.[Fe]. The second kappa shape index (κ2) is 11.2. The van der Waals surface area contributed by atoms with Crippen molar-refractivity contribution in [2.24, 2.45) is 0 Å². The number of carbonyl (C=O) groups excluding carboxylic acids is 1. The zero-order valence-electron chi connectivity index (χ0n) is 16.7. The van der Waals surface area contributed by atoms with Crippen LogP contribution in [0.15, 0.2) is 103 Å². The third-order valence-corrected chi connectivity index (χ3v) is 4.68. The van der Waals surface area contributed by atoms with Crippen LogP contribution in [0.25, 0.3) is 17.2 Å². The largest absolute Gasteiger partial charge is 0.645 e. The molecule has 4 aromatic carbocycles. The van der Waals surface area contributed by atoms with E-state index in [1.807, 2.05) is 60.7 Å². The van der Waals surface area contributed by atoms with Gasteiger partial charge in [-0.1, -0.05) is 58.7 Å². The van der Waals surface area contributed by atoms with Crippen molar-refractivity contribution in [2.75, 3.05) is 0 Å². The van der Waals surface area contributed by atoms with E-state index in [4.69, 9.17) is 0 Å². The average molecular weight is 420 g/mol. The Kier molecular flexibility index (Phi) is 8.61. The number of aryl methyl sites for hydroxylation is 2. The Morgan fingerprint density at radius 1 is 0.862 bits per heavy atom. The van der Waals surface area contributed by atoms with E-state index in [1.165, 1.54) is 22.3 Å². The molecule has 0 radical (unpaired) electrons. The fourth-order valence-electron chi connectivity index (χ4n) is 2.86. The van der Waals surface area contributed by atoms with Crippen LogP contribution in [0.2, 0.25) is 0 Å². The first kappa shape index (κ1) is 22.4. The molecule has 0 atom stereocenters. The Morgan fingerprint density at radius 3 is 2.14 bits per heavy atom. The third kappa shape index (κ3) is 6.57. The van der Waals surface area contributed by atoms with Gasteiger partial charge in [-0.2, -0.15) is 18.2 Å². The van der Waals surface area contributed by atoms with Crippen LogP contribution in [0.4, 0.5) is 0 Å². The summed E-state index contributed by atoms with van der Waals surface area (Å²) in [7, 11) is 0. The van der Waals surface area contributed by atoms with E-state index in [9.17, 15) is 4.79 Å². The normalized spacial score (nSPS) is 10.1. The predicted molar refractivity (Wildman–Crippen MR) is 119 cm³/mol. The van der Waals surface area contributed by atoms with E-state index in [0.717, 1.165) is 11.1 Å². The summed E-state index contributed by atoms with van der Waals surface area (Å²) < 4.78 is 0. The van der Waals surface area contributed by atoms with Gasteiger partial charge in [-0.3, -0.25) is 0 Å². The summed E-state index contributed by atoms with van der Waals surface area (Å²) >= 11 is 0. The molecule has 0 aliphatic rings. The Bertz CT molecular complexity index is 1020. The molecule has 0 saturated carbocycles. The van der Waals surface area contributed by atoms with Crippen LogP contribution in [-0.4, -0.2) is 5.78 Å². The fourth-order valence-corrected chi connectivity index (χ4v) is 2.86. The van der Waals surface area contributed by atoms with E-state index in [0.29, 0.717) is 0 Å². The van der Waals surface area contributed by atoms with Gasteiger partial charge in [0.15, 0.2) is 0 Å². The summed E-state index contributed by atoms with van der Waals surface area (Å²) in [4.78, 5) is 11.6. The molecule has 1 nitrogen and oxygen atoms in total. The molecular weight excluding hydrogens is 396 g/mol. The Balaban J connectivity index is 0.000000202. The summed E-state index contributed by atoms with van der Waals surface area (Å²) in [6, 6.07) is 32.2. The van der Waals surface area contributed by atoms with Gasteiger partial charge in [0.1, 0.15) is 0 Å². The molecule has 29 heavy (non-hydrogen) atoms. The van der Waals surface area contributed by atoms with E-state index in [-0.39, 0.29) is 22.9 Å². The van der Waals surface area contributed by atoms with Crippen molar-refractivity contribution < 1.29 is 21.9 Å². The van der Waals surface area contributed by atoms with E-state index in [1.54, 1.807) is 6.08 Å². The first-order valence-corrected chi connectivity index (χ1v) is 9.42. The summed E-state index contributed by atoms with van der Waals surface area (Å²) in [6.45, 7) is 4.30. The first-order chi connectivity index (χ1) is 13.6. The molecule has 0 bridgehead atoms. The van der Waals surface area contributed by atoms with Gasteiger partial charge >= 0.3 is 0 Å². The number of carbonyl (C=O) groups is 1. The number of rotatable bonds is 4. The van der Waals surface area contributed by atoms with E-state index >= 15 is 0 Å². The number of hydrogen-bond acceptors (Lipinski definition) is 1. The molecule has 0 fully saturated rings. The molecule has 0 amide bonds. The zero-order chi connectivity index (χ0) is 19.8. The molecule has 0 unspecified atom stereocenters.